The van der Waals surface area contributed by atoms with Crippen LogP contribution in [-0.4, -0.2) is 25.3 Å². The Hall–Kier alpha value is -1.30. The van der Waals surface area contributed by atoms with Gasteiger partial charge in [0, 0.05) is 16.7 Å². The number of allylic oxidation sites excluding steroid dienone is 1. The molecule has 0 radical (unpaired) electrons. The van der Waals surface area contributed by atoms with E-state index in [4.69, 9.17) is 4.43 Å². The van der Waals surface area contributed by atoms with Gasteiger partial charge in [0.1, 0.15) is 5.60 Å². The average molecular weight is 461 g/mol. The third-order valence-corrected chi connectivity index (χ3v) is 14.2. The van der Waals surface area contributed by atoms with Crippen molar-refractivity contribution in [3.8, 4) is 0 Å². The second-order valence-corrected chi connectivity index (χ2v) is 16.6. The third kappa shape index (κ3) is 4.74. The summed E-state index contributed by atoms with van der Waals surface area (Å²) in [6, 6.07) is 10.2. The van der Waals surface area contributed by atoms with E-state index in [1.165, 1.54) is 0 Å². The summed E-state index contributed by atoms with van der Waals surface area (Å²) in [5.74, 6) is 0.789. The zero-order chi connectivity index (χ0) is 23.6. The van der Waals surface area contributed by atoms with E-state index in [0.717, 1.165) is 21.8 Å². The molecule has 0 bridgehead atoms. The Balaban J connectivity index is 2.63. The van der Waals surface area contributed by atoms with Gasteiger partial charge in [0.2, 0.25) is 0 Å². The fraction of sp³-hybridized carbons (Fsp3) is 0.577. The van der Waals surface area contributed by atoms with E-state index in [9.17, 15) is 9.90 Å². The first-order chi connectivity index (χ1) is 14.3. The van der Waals surface area contributed by atoms with Crippen molar-refractivity contribution in [3.05, 3.63) is 52.6 Å². The molecule has 1 aromatic rings. The highest BCUT2D eigenvalue weighted by Crippen LogP contribution is 2.53. The minimum atomic E-state index is -2.21. The van der Waals surface area contributed by atoms with Crippen LogP contribution >= 0.6 is 11.8 Å². The summed E-state index contributed by atoms with van der Waals surface area (Å²) < 4.78 is 7.00. The highest BCUT2D eigenvalue weighted by Gasteiger charge is 2.54. The summed E-state index contributed by atoms with van der Waals surface area (Å²) in [4.78, 5) is 13.3. The highest BCUT2D eigenvalue weighted by molar-refractivity contribution is 8.02. The van der Waals surface area contributed by atoms with Crippen LogP contribution in [0.2, 0.25) is 16.6 Å². The molecule has 172 valence electrons. The van der Waals surface area contributed by atoms with Crippen molar-refractivity contribution >= 4 is 26.4 Å². The lowest BCUT2D eigenvalue weighted by atomic mass is 9.63. The standard InChI is InChI=1S/C26H40O3SSi/c1-18(2)31(19(3)4,20(5)6)29-24-15-26(28,17-27)25(8,9)23(21(24)7)16-30-22-13-11-10-12-14-22/h10-14,16-20,28H,15H2,1-9H3/b23-16+/t26-/m1/s1. The zero-order valence-corrected chi connectivity index (χ0v) is 22.5. The van der Waals surface area contributed by atoms with E-state index in [-0.39, 0.29) is 6.42 Å². The van der Waals surface area contributed by atoms with E-state index >= 15 is 0 Å². The minimum absolute atomic E-state index is 0.226. The van der Waals surface area contributed by atoms with Crippen LogP contribution in [0, 0.1) is 5.41 Å². The van der Waals surface area contributed by atoms with Gasteiger partial charge in [-0.3, -0.25) is 0 Å². The predicted molar refractivity (Wildman–Crippen MR) is 135 cm³/mol. The Morgan fingerprint density at radius 1 is 1.03 bits per heavy atom. The Kier molecular flexibility index (Phi) is 8.10. The second kappa shape index (κ2) is 9.68. The fourth-order valence-electron chi connectivity index (χ4n) is 5.18. The molecule has 0 amide bonds. The molecule has 0 fully saturated rings. The smallest absolute Gasteiger partial charge is 0.258 e. The summed E-state index contributed by atoms with van der Waals surface area (Å²) in [7, 11) is -2.21. The van der Waals surface area contributed by atoms with Gasteiger partial charge in [0.15, 0.2) is 6.29 Å². The normalized spacial score (nSPS) is 23.2. The molecule has 5 heteroatoms. The van der Waals surface area contributed by atoms with Gasteiger partial charge in [-0.1, -0.05) is 85.4 Å². The van der Waals surface area contributed by atoms with E-state index in [1.54, 1.807) is 11.8 Å². The molecular weight excluding hydrogens is 420 g/mol. The molecule has 0 aliphatic heterocycles. The van der Waals surface area contributed by atoms with Gasteiger partial charge >= 0.3 is 0 Å². The summed E-state index contributed by atoms with van der Waals surface area (Å²) in [6.45, 7) is 19.5. The lowest BCUT2D eigenvalue weighted by Crippen LogP contribution is -2.53. The van der Waals surface area contributed by atoms with Crippen LogP contribution in [0.1, 0.15) is 68.7 Å². The van der Waals surface area contributed by atoms with Gasteiger partial charge in [-0.2, -0.15) is 0 Å². The number of hydrogen-bond acceptors (Lipinski definition) is 4. The van der Waals surface area contributed by atoms with Gasteiger partial charge in [-0.25, -0.2) is 0 Å². The maximum absolute atomic E-state index is 12.2. The van der Waals surface area contributed by atoms with E-state index < -0.39 is 19.3 Å². The molecular formula is C26H40O3SSi. The van der Waals surface area contributed by atoms with Crippen molar-refractivity contribution in [1.82, 2.24) is 0 Å². The molecule has 1 atom stereocenters. The fourth-order valence-corrected chi connectivity index (χ4v) is 11.6. The van der Waals surface area contributed by atoms with E-state index in [2.05, 4.69) is 66.0 Å². The van der Waals surface area contributed by atoms with Gasteiger partial charge in [0.05, 0.1) is 5.76 Å². The lowest BCUT2D eigenvalue weighted by Gasteiger charge is -2.49. The highest BCUT2D eigenvalue weighted by atomic mass is 32.2. The first kappa shape index (κ1) is 26.0. The molecule has 1 aliphatic rings. The van der Waals surface area contributed by atoms with Crippen LogP contribution in [0.3, 0.4) is 0 Å². The molecule has 31 heavy (non-hydrogen) atoms. The Bertz CT molecular complexity index is 818. The maximum atomic E-state index is 12.2. The van der Waals surface area contributed by atoms with Crippen molar-refractivity contribution in [3.63, 3.8) is 0 Å². The average Bonchev–Trinajstić information content (AvgIpc) is 2.69. The molecule has 0 saturated heterocycles. The van der Waals surface area contributed by atoms with E-state index in [0.29, 0.717) is 22.9 Å². The zero-order valence-electron chi connectivity index (χ0n) is 20.7. The van der Waals surface area contributed by atoms with E-state index in [1.807, 2.05) is 32.0 Å². The summed E-state index contributed by atoms with van der Waals surface area (Å²) >= 11 is 1.62. The Morgan fingerprint density at radius 3 is 2.00 bits per heavy atom. The largest absolute Gasteiger partial charge is 0.545 e. The number of carbonyl (C=O) groups excluding carboxylic acids is 1. The van der Waals surface area contributed by atoms with Crippen molar-refractivity contribution in [1.29, 1.82) is 0 Å². The second-order valence-electron chi connectivity index (χ2n) is 10.3. The van der Waals surface area contributed by atoms with Crippen molar-refractivity contribution in [2.24, 2.45) is 5.41 Å². The molecule has 0 unspecified atom stereocenters. The SMILES string of the molecule is CC1=C(O[Si](C(C)C)(C(C)C)C(C)C)C[C@@](O)(C=O)C(C)(C)/C1=C/Sc1ccccc1. The number of thioether (sulfide) groups is 1. The molecule has 1 aromatic carbocycles. The molecule has 0 heterocycles. The molecule has 1 aliphatic carbocycles. The minimum Gasteiger partial charge on any atom is -0.545 e. The first-order valence-corrected chi connectivity index (χ1v) is 14.4. The van der Waals surface area contributed by atoms with Crippen LogP contribution in [0.15, 0.2) is 57.5 Å². The quantitative estimate of drug-likeness (QED) is 0.248. The van der Waals surface area contributed by atoms with Gasteiger partial charge < -0.3 is 14.3 Å². The molecule has 0 aromatic heterocycles. The summed E-state index contributed by atoms with van der Waals surface area (Å²) in [6.07, 6.45) is 0.941. The van der Waals surface area contributed by atoms with Crippen molar-refractivity contribution < 1.29 is 14.3 Å². The number of aliphatic hydroxyl groups is 1. The number of hydrogen-bond donors (Lipinski definition) is 1. The number of rotatable bonds is 8. The van der Waals surface area contributed by atoms with Gasteiger partial charge in [-0.05, 0) is 52.2 Å². The Labute approximate surface area is 194 Å². The van der Waals surface area contributed by atoms with Crippen LogP contribution in [0.25, 0.3) is 0 Å². The monoisotopic (exact) mass is 460 g/mol. The molecule has 3 nitrogen and oxygen atoms in total. The molecule has 0 spiro atoms. The number of aldehydes is 1. The third-order valence-electron chi connectivity index (χ3n) is 7.27. The lowest BCUT2D eigenvalue weighted by molar-refractivity contribution is -0.135. The van der Waals surface area contributed by atoms with Crippen molar-refractivity contribution in [2.45, 2.75) is 95.9 Å². The van der Waals surface area contributed by atoms with Gasteiger partial charge in [-0.15, -0.1) is 0 Å². The Morgan fingerprint density at radius 2 is 1.55 bits per heavy atom. The summed E-state index contributed by atoms with van der Waals surface area (Å²) in [5.41, 5.74) is 1.05. The summed E-state index contributed by atoms with van der Waals surface area (Å²) in [5, 5.41) is 13.5. The number of benzene rings is 1. The van der Waals surface area contributed by atoms with Crippen LogP contribution < -0.4 is 0 Å². The van der Waals surface area contributed by atoms with Crippen LogP contribution in [0.5, 0.6) is 0 Å². The molecule has 1 N–H and O–H groups in total. The maximum Gasteiger partial charge on any atom is 0.258 e. The van der Waals surface area contributed by atoms with Crippen molar-refractivity contribution in [2.75, 3.05) is 0 Å². The first-order valence-electron chi connectivity index (χ1n) is 11.3. The number of carbonyl (C=O) groups is 1. The predicted octanol–water partition coefficient (Wildman–Crippen LogP) is 7.49. The van der Waals surface area contributed by atoms with Crippen LogP contribution in [0.4, 0.5) is 0 Å². The van der Waals surface area contributed by atoms with Crippen LogP contribution in [-0.2, 0) is 9.22 Å². The molecule has 2 rings (SSSR count). The van der Waals surface area contributed by atoms with Gasteiger partial charge in [0.25, 0.3) is 8.32 Å². The topological polar surface area (TPSA) is 46.5 Å². The molecule has 0 saturated carbocycles.